The van der Waals surface area contributed by atoms with Gasteiger partial charge < -0.3 is 35.1 Å². The summed E-state index contributed by atoms with van der Waals surface area (Å²) in [5.74, 6) is -2.99. The van der Waals surface area contributed by atoms with E-state index in [2.05, 4.69) is 10.6 Å². The first-order valence-corrected chi connectivity index (χ1v) is 15.2. The predicted molar refractivity (Wildman–Crippen MR) is 164 cm³/mol. The highest BCUT2D eigenvalue weighted by Gasteiger charge is 2.34. The second kappa shape index (κ2) is 17.8. The Morgan fingerprint density at radius 2 is 1.78 bits per heavy atom. The number of benzene rings is 1. The van der Waals surface area contributed by atoms with E-state index in [9.17, 15) is 39.0 Å². The highest BCUT2D eigenvalue weighted by molar-refractivity contribution is 6.12. The molecule has 4 N–H and O–H groups in total. The molecule has 2 aliphatic heterocycles. The smallest absolute Gasteiger partial charge is 0.333 e. The lowest BCUT2D eigenvalue weighted by atomic mass is 10.1. The van der Waals surface area contributed by atoms with E-state index < -0.39 is 30.4 Å². The summed E-state index contributed by atoms with van der Waals surface area (Å²) >= 11 is 0. The van der Waals surface area contributed by atoms with Gasteiger partial charge >= 0.3 is 11.9 Å². The lowest BCUT2D eigenvalue weighted by Gasteiger charge is -2.31. The number of unbranched alkanes of at least 4 members (excludes halogenated alkanes) is 2. The van der Waals surface area contributed by atoms with Crippen molar-refractivity contribution < 1.29 is 53.2 Å². The molecule has 2 aliphatic rings. The number of nitrogens with one attached hydrogen (secondary N) is 2. The van der Waals surface area contributed by atoms with Crippen molar-refractivity contribution in [3.63, 3.8) is 0 Å². The Morgan fingerprint density at radius 1 is 1.04 bits per heavy atom. The van der Waals surface area contributed by atoms with Gasteiger partial charge in [-0.15, -0.1) is 0 Å². The summed E-state index contributed by atoms with van der Waals surface area (Å²) in [5.41, 5.74) is 0.887. The average Bonchev–Trinajstić information content (AvgIpc) is 3.32. The molecule has 1 saturated heterocycles. The normalized spacial score (nSPS) is 19.5. The summed E-state index contributed by atoms with van der Waals surface area (Å²) in [6.07, 6.45) is 4.42. The SMILES string of the molecule is CC(C)C(=O)OC/C=C/c1ccc(OC2CC(O)CC(C(=O)O)O2)c(NC(=O)CCNC(=O)CCCCCN2C(=O)C=CC2=O)c1. The summed E-state index contributed by atoms with van der Waals surface area (Å²) in [4.78, 5) is 72.4. The van der Waals surface area contributed by atoms with E-state index in [-0.39, 0.29) is 79.9 Å². The molecular weight excluding hydrogens is 602 g/mol. The summed E-state index contributed by atoms with van der Waals surface area (Å²) < 4.78 is 16.5. The average molecular weight is 644 g/mol. The second-order valence-corrected chi connectivity index (χ2v) is 11.2. The van der Waals surface area contributed by atoms with Gasteiger partial charge in [0.25, 0.3) is 11.8 Å². The summed E-state index contributed by atoms with van der Waals surface area (Å²) in [6.45, 7) is 3.88. The van der Waals surface area contributed by atoms with Crippen LogP contribution in [0, 0.1) is 5.92 Å². The first-order chi connectivity index (χ1) is 21.9. The highest BCUT2D eigenvalue weighted by Crippen LogP contribution is 2.31. The Hall–Kier alpha value is -4.56. The molecule has 3 unspecified atom stereocenters. The largest absolute Gasteiger partial charge is 0.479 e. The number of amides is 4. The zero-order chi connectivity index (χ0) is 33.6. The molecule has 1 fully saturated rings. The standard InChI is InChI=1S/C32H41N3O11/c1-20(2)32(43)44-16-6-7-21-9-10-24(45-30-19-22(36)18-25(46-30)31(41)42)23(17-21)34-27(38)13-14-33-26(37)8-4-3-5-15-35-28(39)11-12-29(35)40/h6-7,9-12,17,20,22,25,30,36H,3-5,8,13-16,18-19H2,1-2H3,(H,33,37)(H,34,38)(H,41,42)/b7-6+. The van der Waals surface area contributed by atoms with Gasteiger partial charge in [0.15, 0.2) is 6.10 Å². The molecule has 3 rings (SSSR count). The van der Waals surface area contributed by atoms with Crippen LogP contribution in [0.5, 0.6) is 5.75 Å². The molecule has 4 amide bonds. The van der Waals surface area contributed by atoms with Crippen molar-refractivity contribution >= 4 is 47.3 Å². The fraction of sp³-hybridized carbons (Fsp3) is 0.500. The number of carboxylic acids is 1. The maximum atomic E-state index is 12.8. The molecule has 250 valence electrons. The van der Waals surface area contributed by atoms with Crippen LogP contribution < -0.4 is 15.4 Å². The number of imide groups is 1. The van der Waals surface area contributed by atoms with E-state index in [0.717, 1.165) is 4.90 Å². The maximum absolute atomic E-state index is 12.8. The summed E-state index contributed by atoms with van der Waals surface area (Å²) in [5, 5.41) is 24.9. The van der Waals surface area contributed by atoms with Gasteiger partial charge in [-0.2, -0.15) is 0 Å². The number of ether oxygens (including phenoxy) is 3. The fourth-order valence-corrected chi connectivity index (χ4v) is 4.57. The van der Waals surface area contributed by atoms with Crippen molar-refractivity contribution in [2.24, 2.45) is 5.92 Å². The van der Waals surface area contributed by atoms with E-state index in [0.29, 0.717) is 31.4 Å². The second-order valence-electron chi connectivity index (χ2n) is 11.2. The Morgan fingerprint density at radius 3 is 2.48 bits per heavy atom. The number of hydrogen-bond donors (Lipinski definition) is 4. The van der Waals surface area contributed by atoms with Crippen molar-refractivity contribution in [3.8, 4) is 5.75 Å². The van der Waals surface area contributed by atoms with Crippen molar-refractivity contribution in [2.45, 2.75) is 77.3 Å². The number of carboxylic acid groups (broad SMARTS) is 1. The molecule has 14 nitrogen and oxygen atoms in total. The van der Waals surface area contributed by atoms with Crippen molar-refractivity contribution in [1.82, 2.24) is 10.2 Å². The number of aliphatic hydroxyl groups excluding tert-OH is 1. The minimum absolute atomic E-state index is 0.0256. The molecule has 0 aliphatic carbocycles. The zero-order valence-corrected chi connectivity index (χ0v) is 25.9. The lowest BCUT2D eigenvalue weighted by Crippen LogP contribution is -2.42. The third kappa shape index (κ3) is 11.7. The molecule has 2 heterocycles. The number of rotatable bonds is 17. The van der Waals surface area contributed by atoms with E-state index in [4.69, 9.17) is 14.2 Å². The van der Waals surface area contributed by atoms with Gasteiger partial charge in [0.2, 0.25) is 18.1 Å². The van der Waals surface area contributed by atoms with Crippen LogP contribution in [-0.2, 0) is 38.2 Å². The molecular formula is C32H41N3O11. The molecule has 0 bridgehead atoms. The van der Waals surface area contributed by atoms with Gasteiger partial charge in [-0.25, -0.2) is 4.79 Å². The number of aliphatic hydroxyl groups is 1. The number of hydrogen-bond acceptors (Lipinski definition) is 10. The van der Waals surface area contributed by atoms with E-state index in [1.807, 2.05) is 0 Å². The van der Waals surface area contributed by atoms with Crippen LogP contribution in [0.3, 0.4) is 0 Å². The quantitative estimate of drug-likeness (QED) is 0.110. The number of aliphatic carboxylic acids is 1. The molecule has 46 heavy (non-hydrogen) atoms. The van der Waals surface area contributed by atoms with Crippen molar-refractivity contribution in [2.75, 3.05) is 25.0 Å². The van der Waals surface area contributed by atoms with Crippen molar-refractivity contribution in [1.29, 1.82) is 0 Å². The van der Waals surface area contributed by atoms with Crippen LogP contribution >= 0.6 is 0 Å². The third-order valence-electron chi connectivity index (χ3n) is 7.04. The fourth-order valence-electron chi connectivity index (χ4n) is 4.57. The Balaban J connectivity index is 1.52. The topological polar surface area (TPSA) is 198 Å². The first kappa shape index (κ1) is 35.9. The Bertz CT molecular complexity index is 1320. The van der Waals surface area contributed by atoms with Crippen LogP contribution in [0.25, 0.3) is 6.08 Å². The van der Waals surface area contributed by atoms with Crippen molar-refractivity contribution in [3.05, 3.63) is 42.0 Å². The van der Waals surface area contributed by atoms with Gasteiger partial charge in [-0.05, 0) is 36.6 Å². The van der Waals surface area contributed by atoms with Gasteiger partial charge in [0.05, 0.1) is 17.7 Å². The lowest BCUT2D eigenvalue weighted by molar-refractivity contribution is -0.195. The number of carbonyl (C=O) groups excluding carboxylic acids is 5. The molecule has 0 spiro atoms. The van der Waals surface area contributed by atoms with E-state index >= 15 is 0 Å². The number of nitrogens with zero attached hydrogens (tertiary/aromatic N) is 1. The predicted octanol–water partition coefficient (Wildman–Crippen LogP) is 2.16. The zero-order valence-electron chi connectivity index (χ0n) is 25.9. The van der Waals surface area contributed by atoms with Crippen LogP contribution in [0.2, 0.25) is 0 Å². The summed E-state index contributed by atoms with van der Waals surface area (Å²) in [7, 11) is 0. The third-order valence-corrected chi connectivity index (χ3v) is 7.04. The minimum atomic E-state index is -1.25. The first-order valence-electron chi connectivity index (χ1n) is 15.2. The maximum Gasteiger partial charge on any atom is 0.333 e. The highest BCUT2D eigenvalue weighted by atomic mass is 16.7. The molecule has 0 radical (unpaired) electrons. The molecule has 0 aromatic heterocycles. The molecule has 1 aromatic carbocycles. The monoisotopic (exact) mass is 643 g/mol. The van der Waals surface area contributed by atoms with E-state index in [1.165, 1.54) is 12.2 Å². The molecule has 1 aromatic rings. The van der Waals surface area contributed by atoms with Gasteiger partial charge in [0, 0.05) is 50.9 Å². The molecule has 3 atom stereocenters. The van der Waals surface area contributed by atoms with Gasteiger partial charge in [-0.1, -0.05) is 32.4 Å². The number of anilines is 1. The minimum Gasteiger partial charge on any atom is -0.479 e. The van der Waals surface area contributed by atoms with Gasteiger partial charge in [0.1, 0.15) is 12.4 Å². The number of esters is 1. The van der Waals surface area contributed by atoms with Crippen LogP contribution in [0.15, 0.2) is 36.4 Å². The van der Waals surface area contributed by atoms with E-state index in [1.54, 1.807) is 44.2 Å². The summed E-state index contributed by atoms with van der Waals surface area (Å²) in [6, 6.07) is 4.85. The van der Waals surface area contributed by atoms with Crippen LogP contribution in [-0.4, -0.2) is 88.9 Å². The van der Waals surface area contributed by atoms with Crippen LogP contribution in [0.4, 0.5) is 5.69 Å². The molecule has 0 saturated carbocycles. The van der Waals surface area contributed by atoms with Crippen LogP contribution in [0.1, 0.15) is 64.4 Å². The number of carbonyl (C=O) groups is 6. The van der Waals surface area contributed by atoms with Gasteiger partial charge in [-0.3, -0.25) is 28.9 Å². The Kier molecular flexibility index (Phi) is 13.9. The molecule has 14 heteroatoms. The Labute approximate surface area is 266 Å².